The van der Waals surface area contributed by atoms with Crippen LogP contribution in [0.25, 0.3) is 0 Å². The van der Waals surface area contributed by atoms with E-state index in [1.807, 2.05) is 146 Å². The average Bonchev–Trinajstić information content (AvgIpc) is 1.68. The number of piperidine rings is 5. The molecule has 7 aromatic rings. The normalized spacial score (nSPS) is 17.9. The first-order valence-electron chi connectivity index (χ1n) is 40.8. The largest absolute Gasteiger partial charge is 0.460 e. The quantitative estimate of drug-likeness (QED) is 0.0431. The Hall–Kier alpha value is -9.05. The molecule has 660 valence electrons. The van der Waals surface area contributed by atoms with Crippen molar-refractivity contribution < 1.29 is 52.5 Å². The lowest BCUT2D eigenvalue weighted by atomic mass is 9.95. The van der Waals surface area contributed by atoms with Crippen molar-refractivity contribution in [1.82, 2.24) is 40.2 Å². The molecule has 0 aliphatic carbocycles. The van der Waals surface area contributed by atoms with Crippen molar-refractivity contribution in [2.45, 2.75) is 228 Å². The number of nitrogens with one attached hydrogen (secondary N) is 3. The number of esters is 5. The number of ether oxygens (including phenoxy) is 5. The maximum absolute atomic E-state index is 12.2. The highest BCUT2D eigenvalue weighted by Gasteiger charge is 2.33. The summed E-state index contributed by atoms with van der Waals surface area (Å²) in [6.07, 6.45) is 15.9. The second-order valence-corrected chi connectivity index (χ2v) is 42.2. The van der Waals surface area contributed by atoms with Crippen LogP contribution in [0.2, 0.25) is 0 Å². The van der Waals surface area contributed by atoms with Crippen LogP contribution >= 0.6 is 88.5 Å². The van der Waals surface area contributed by atoms with Crippen LogP contribution in [0.4, 0.5) is 42.2 Å². The van der Waals surface area contributed by atoms with E-state index in [1.54, 1.807) is 23.2 Å². The van der Waals surface area contributed by atoms with Crippen LogP contribution in [0.1, 0.15) is 233 Å². The number of carbonyl (C=O) groups excluding carboxylic acids is 6. The van der Waals surface area contributed by atoms with Gasteiger partial charge in [0.05, 0.1) is 25.7 Å². The van der Waals surface area contributed by atoms with Crippen LogP contribution < -0.4 is 41.3 Å². The van der Waals surface area contributed by atoms with Crippen LogP contribution in [-0.2, 0) is 47.7 Å². The molecule has 7 aromatic heterocycles. The Bertz CT molecular complexity index is 4710. The Balaban J connectivity index is 0.000000208. The Kier molecular flexibility index (Phi) is 39.1. The number of hydrogen-bond donors (Lipinski definition) is 4. The molecule has 5 N–H and O–H groups in total. The van der Waals surface area contributed by atoms with Crippen molar-refractivity contribution in [3.05, 3.63) is 95.7 Å². The molecular weight excluding hydrogens is 1780 g/mol. The highest BCUT2D eigenvalue weighted by Crippen LogP contribution is 2.39. The van der Waals surface area contributed by atoms with Crippen LogP contribution in [0.15, 0.2) is 67.3 Å². The number of anilines is 8. The summed E-state index contributed by atoms with van der Waals surface area (Å²) >= 11 is 13.7. The highest BCUT2D eigenvalue weighted by atomic mass is 79.9. The molecule has 37 heteroatoms. The van der Waals surface area contributed by atoms with E-state index in [-0.39, 0.29) is 58.9 Å². The third-order valence-electron chi connectivity index (χ3n) is 18.2. The predicted octanol–water partition coefficient (Wildman–Crippen LogP) is 17.6. The first-order chi connectivity index (χ1) is 57.5. The van der Waals surface area contributed by atoms with E-state index < -0.39 is 28.3 Å². The van der Waals surface area contributed by atoms with Crippen LogP contribution in [0.3, 0.4) is 0 Å². The van der Waals surface area contributed by atoms with Gasteiger partial charge >= 0.3 is 29.8 Å². The molecule has 5 saturated heterocycles. The van der Waals surface area contributed by atoms with E-state index in [9.17, 15) is 34.0 Å². The number of amides is 1. The zero-order chi connectivity index (χ0) is 89.5. The number of aromatic nitrogens is 7. The zero-order valence-electron chi connectivity index (χ0n) is 72.4. The van der Waals surface area contributed by atoms with E-state index in [1.165, 1.54) is 63.1 Å². The maximum Gasteiger partial charge on any atom is 0.306 e. The van der Waals surface area contributed by atoms with Crippen LogP contribution in [-0.4, -0.2) is 164 Å². The second kappa shape index (κ2) is 47.7. The number of hydrogen-bond acceptors (Lipinski definition) is 34. The molecule has 0 radical (unpaired) electrons. The van der Waals surface area contributed by atoms with Crippen molar-refractivity contribution >= 4 is 166 Å². The van der Waals surface area contributed by atoms with Gasteiger partial charge in [-0.25, -0.2) is 34.9 Å². The molecule has 0 aromatic carbocycles. The van der Waals surface area contributed by atoms with Gasteiger partial charge in [0.25, 0.3) is 5.91 Å². The molecule has 12 rings (SSSR count). The Morgan fingerprint density at radius 2 is 0.820 bits per heavy atom. The number of nitrogens with two attached hydrogens (primary N) is 1. The Labute approximate surface area is 753 Å². The SMILES string of the molecule is CC(C)(C)OC(=O)CC1CCCN(c2nc(C#N)c(Br)s2)C1.CC(C)(C)OC(=O)CC1CCCN(c2nc(C#N)c(Nc3ccccn3)s2)C1.CC(C)(C)OC(=O)CC1CCCN(c2nc(C#N)cs2)C1.CC(C)(C)OC(=O)CC1CCCN(c2nc(C(N)=O)c(Nc3ccccn3)s2)C1.CC(C)(C)OC(=O)CC1CCCNC1.N#Cc1csc(Br)n1. The number of thiazole rings is 5. The number of halogens is 2. The van der Waals surface area contributed by atoms with Crippen molar-refractivity contribution in [1.29, 1.82) is 21.0 Å². The maximum atomic E-state index is 12.2. The summed E-state index contributed by atoms with van der Waals surface area (Å²) in [7, 11) is 0. The number of rotatable bonds is 19. The van der Waals surface area contributed by atoms with Gasteiger partial charge in [0.2, 0.25) is 0 Å². The van der Waals surface area contributed by atoms with E-state index in [2.05, 4.69) is 121 Å². The summed E-state index contributed by atoms with van der Waals surface area (Å²) in [4.78, 5) is 110. The molecule has 0 bridgehead atoms. The highest BCUT2D eigenvalue weighted by molar-refractivity contribution is 9.11. The number of nitriles is 4. The second-order valence-electron chi connectivity index (χ2n) is 34.9. The van der Waals surface area contributed by atoms with Gasteiger partial charge in [-0.2, -0.15) is 21.0 Å². The van der Waals surface area contributed by atoms with Gasteiger partial charge in [-0.3, -0.25) is 28.8 Å². The average molecular weight is 1900 g/mol. The van der Waals surface area contributed by atoms with Gasteiger partial charge in [0.15, 0.2) is 52.9 Å². The number of nitrogens with zero attached hydrogens (tertiary/aromatic N) is 15. The molecule has 30 nitrogen and oxygen atoms in total. The fraction of sp³-hybridized carbons (Fsp3) is 0.588. The third kappa shape index (κ3) is 37.2. The molecule has 1 amide bonds. The first-order valence-corrected chi connectivity index (χ1v) is 46.6. The lowest BCUT2D eigenvalue weighted by molar-refractivity contribution is -0.157. The molecule has 5 aliphatic heterocycles. The van der Waals surface area contributed by atoms with Crippen molar-refractivity contribution in [2.24, 2.45) is 35.3 Å². The van der Waals surface area contributed by atoms with Gasteiger partial charge < -0.3 is 65.0 Å². The van der Waals surface area contributed by atoms with Gasteiger partial charge in [-0.15, -0.1) is 22.7 Å². The molecule has 5 fully saturated rings. The lowest BCUT2D eigenvalue weighted by Crippen LogP contribution is -2.37. The zero-order valence-corrected chi connectivity index (χ0v) is 79.7. The minimum atomic E-state index is -0.590. The standard InChI is InChI=1S/C20H27N5O3S.C20H25N5O2S.C15H20BrN3O2S.C15H21N3O2S.C11H21NO2.C4HBrN2S/c1-20(2,3)28-15(26)11-13-7-6-10-25(12-13)19-24-16(17(21)27)18(29-19)23-14-8-4-5-9-22-14;1-20(2,3)27-17(26)11-14-7-6-10-25(13-14)19-23-15(12-21)18(28-19)24-16-8-4-5-9-22-16;1-15(2,3)21-12(20)7-10-5-4-6-19(9-10)14-18-11(8-17)13(16)22-14;1-15(2,3)20-13(19)7-11-5-4-6-18(9-11)14-17-12(8-16)10-21-14;1-11(2,3)14-10(13)7-9-5-4-6-12-8-9;5-4-7-3(1-6)2-8-4/h4-5,8-9,13H,6-7,10-12H2,1-3H3,(H2,21,27)(H,22,23);4-5,8-9,14H,6-7,10-11,13H2,1-3H3,(H,22,24);10H,4-7,9H2,1-3H3;10-11H,4-7,9H2,1-3H3;9,12H,4-8H2,1-3H3;2H. The molecular formula is C85H115Br2N19O11S5. The molecule has 12 heterocycles. The third-order valence-corrected chi connectivity index (χ3v) is 24.3. The van der Waals surface area contributed by atoms with Gasteiger partial charge in [0.1, 0.15) is 77.7 Å². The fourth-order valence-electron chi connectivity index (χ4n) is 13.5. The van der Waals surface area contributed by atoms with Crippen molar-refractivity contribution in [2.75, 3.05) is 95.7 Å². The minimum Gasteiger partial charge on any atom is -0.460 e. The number of pyridine rings is 2. The molecule has 0 saturated carbocycles. The summed E-state index contributed by atoms with van der Waals surface area (Å²) in [5, 5.41) is 53.1. The van der Waals surface area contributed by atoms with E-state index >= 15 is 0 Å². The summed E-state index contributed by atoms with van der Waals surface area (Å²) in [5.41, 5.74) is 5.29. The van der Waals surface area contributed by atoms with E-state index in [4.69, 9.17) is 45.2 Å². The first kappa shape index (κ1) is 100. The smallest absolute Gasteiger partial charge is 0.306 e. The summed E-state index contributed by atoms with van der Waals surface area (Å²) in [5.74, 6) is 1.48. The molecule has 5 atom stereocenters. The number of primary amides is 1. The minimum absolute atomic E-state index is 0.0637. The summed E-state index contributed by atoms with van der Waals surface area (Å²) in [6, 6.07) is 19.2. The Morgan fingerprint density at radius 3 is 1.16 bits per heavy atom. The predicted molar refractivity (Wildman–Crippen MR) is 486 cm³/mol. The fourth-order valence-corrected chi connectivity index (χ4v) is 18.6. The van der Waals surface area contributed by atoms with Gasteiger partial charge in [0, 0.05) is 81.9 Å². The van der Waals surface area contributed by atoms with Crippen molar-refractivity contribution in [3.8, 4) is 24.3 Å². The van der Waals surface area contributed by atoms with Crippen molar-refractivity contribution in [3.63, 3.8) is 0 Å². The topological polar surface area (TPSA) is 409 Å². The molecule has 0 spiro atoms. The van der Waals surface area contributed by atoms with Crippen LogP contribution in [0, 0.1) is 74.9 Å². The Morgan fingerprint density at radius 1 is 0.459 bits per heavy atom. The molecule has 122 heavy (non-hydrogen) atoms. The van der Waals surface area contributed by atoms with Crippen LogP contribution in [0.5, 0.6) is 0 Å². The monoisotopic (exact) mass is 1900 g/mol. The van der Waals surface area contributed by atoms with E-state index in [0.717, 1.165) is 140 Å². The van der Waals surface area contributed by atoms with E-state index in [0.29, 0.717) is 100 Å². The lowest BCUT2D eigenvalue weighted by Gasteiger charge is -2.32. The molecule has 5 aliphatic rings. The summed E-state index contributed by atoms with van der Waals surface area (Å²) < 4.78 is 28.5. The van der Waals surface area contributed by atoms with Gasteiger partial charge in [-0.1, -0.05) is 46.1 Å². The number of carbonyl (C=O) groups is 6. The molecule has 5 unspecified atom stereocenters. The summed E-state index contributed by atoms with van der Waals surface area (Å²) in [6.45, 7) is 36.9. The van der Waals surface area contributed by atoms with Gasteiger partial charge in [-0.05, 0) is 267 Å².